The number of carbonyl (C=O) groups is 3. The average molecular weight is 358 g/mol. The van der Waals surface area contributed by atoms with Crippen LogP contribution in [-0.4, -0.2) is 24.5 Å². The first kappa shape index (κ1) is 17.7. The van der Waals surface area contributed by atoms with Gasteiger partial charge < -0.3 is 18.9 Å². The van der Waals surface area contributed by atoms with Crippen LogP contribution in [0.4, 0.5) is 0 Å². The van der Waals surface area contributed by atoms with Crippen molar-refractivity contribution in [1.82, 2.24) is 0 Å². The molecule has 0 radical (unpaired) electrons. The molecule has 0 N–H and O–H groups in total. The second-order valence-corrected chi connectivity index (χ2v) is 5.90. The van der Waals surface area contributed by atoms with Crippen molar-refractivity contribution in [3.63, 3.8) is 0 Å². The number of esters is 3. The number of ether oxygens (including phenoxy) is 4. The minimum absolute atomic E-state index is 0.258. The molecule has 0 saturated carbocycles. The molecule has 26 heavy (non-hydrogen) atoms. The monoisotopic (exact) mass is 358 g/mol. The van der Waals surface area contributed by atoms with E-state index in [1.54, 1.807) is 12.1 Å². The molecule has 0 bridgehead atoms. The Labute approximate surface area is 149 Å². The zero-order chi connectivity index (χ0) is 18.8. The molecular weight excluding hydrogens is 340 g/mol. The first-order valence-corrected chi connectivity index (χ1v) is 8.17. The fourth-order valence-corrected chi connectivity index (χ4v) is 2.99. The highest BCUT2D eigenvalue weighted by molar-refractivity contribution is 6.02. The van der Waals surface area contributed by atoms with E-state index >= 15 is 0 Å². The highest BCUT2D eigenvalue weighted by atomic mass is 16.5. The van der Waals surface area contributed by atoms with E-state index in [0.717, 1.165) is 6.42 Å². The first-order chi connectivity index (χ1) is 12.4. The third kappa shape index (κ3) is 3.46. The van der Waals surface area contributed by atoms with Crippen LogP contribution in [0.3, 0.4) is 0 Å². The molecule has 2 aromatic carbocycles. The van der Waals surface area contributed by atoms with Crippen LogP contribution in [0.1, 0.15) is 32.8 Å². The van der Waals surface area contributed by atoms with Crippen LogP contribution >= 0.6 is 0 Å². The molecule has 0 unspecified atom stereocenters. The lowest BCUT2D eigenvalue weighted by molar-refractivity contribution is -0.133. The summed E-state index contributed by atoms with van der Waals surface area (Å²) in [5, 5.41) is 0.959. The van der Waals surface area contributed by atoms with Gasteiger partial charge in [-0.15, -0.1) is 0 Å². The minimum Gasteiger partial charge on any atom is -0.492 e. The third-order valence-corrected chi connectivity index (χ3v) is 3.82. The van der Waals surface area contributed by atoms with Crippen LogP contribution in [0.5, 0.6) is 23.0 Å². The standard InChI is InChI=1S/C19H18O7/c1-10(20)24-15-6-7-16(25-11(2)21)18-14(15)9-17(26-12(3)22)13-5-4-8-23-19(13)18/h6-7,9H,4-5,8H2,1-3H3. The third-order valence-electron chi connectivity index (χ3n) is 3.82. The molecule has 0 aromatic heterocycles. The second-order valence-electron chi connectivity index (χ2n) is 5.90. The van der Waals surface area contributed by atoms with Gasteiger partial charge >= 0.3 is 17.9 Å². The Bertz CT molecular complexity index is 914. The average Bonchev–Trinajstić information content (AvgIpc) is 2.55. The van der Waals surface area contributed by atoms with Crippen LogP contribution < -0.4 is 18.9 Å². The summed E-state index contributed by atoms with van der Waals surface area (Å²) >= 11 is 0. The van der Waals surface area contributed by atoms with E-state index in [1.807, 2.05) is 0 Å². The Morgan fingerprint density at radius 3 is 2.12 bits per heavy atom. The fraction of sp³-hybridized carbons (Fsp3) is 0.316. The fourth-order valence-electron chi connectivity index (χ4n) is 2.99. The van der Waals surface area contributed by atoms with Gasteiger partial charge in [-0.3, -0.25) is 14.4 Å². The Hall–Kier alpha value is -3.09. The number of hydrogen-bond donors (Lipinski definition) is 0. The summed E-state index contributed by atoms with van der Waals surface area (Å²) < 4.78 is 21.7. The van der Waals surface area contributed by atoms with Crippen LogP contribution in [0.15, 0.2) is 18.2 Å². The molecule has 0 amide bonds. The van der Waals surface area contributed by atoms with Gasteiger partial charge in [-0.05, 0) is 31.0 Å². The predicted molar refractivity (Wildman–Crippen MR) is 91.7 cm³/mol. The molecule has 0 atom stereocenters. The van der Waals surface area contributed by atoms with Gasteiger partial charge in [-0.1, -0.05) is 0 Å². The summed E-state index contributed by atoms with van der Waals surface area (Å²) in [6, 6.07) is 4.68. The lowest BCUT2D eigenvalue weighted by Crippen LogP contribution is -2.13. The lowest BCUT2D eigenvalue weighted by Gasteiger charge is -2.23. The molecule has 2 aromatic rings. The maximum absolute atomic E-state index is 11.5. The van der Waals surface area contributed by atoms with E-state index in [0.29, 0.717) is 40.9 Å². The summed E-state index contributed by atoms with van der Waals surface area (Å²) in [7, 11) is 0. The van der Waals surface area contributed by atoms with Gasteiger partial charge in [-0.2, -0.15) is 0 Å². The molecule has 1 heterocycles. The minimum atomic E-state index is -0.501. The number of carbonyl (C=O) groups excluding carboxylic acids is 3. The van der Waals surface area contributed by atoms with Gasteiger partial charge in [0.25, 0.3) is 0 Å². The first-order valence-electron chi connectivity index (χ1n) is 8.17. The van der Waals surface area contributed by atoms with E-state index in [1.165, 1.54) is 26.8 Å². The number of hydrogen-bond acceptors (Lipinski definition) is 7. The van der Waals surface area contributed by atoms with Gasteiger partial charge in [0, 0.05) is 31.7 Å². The van der Waals surface area contributed by atoms with Crippen molar-refractivity contribution in [1.29, 1.82) is 0 Å². The van der Waals surface area contributed by atoms with E-state index in [4.69, 9.17) is 18.9 Å². The van der Waals surface area contributed by atoms with Gasteiger partial charge in [0.05, 0.1) is 12.0 Å². The maximum atomic E-state index is 11.5. The molecule has 0 saturated heterocycles. The van der Waals surface area contributed by atoms with Crippen molar-refractivity contribution in [2.45, 2.75) is 33.6 Å². The van der Waals surface area contributed by atoms with Gasteiger partial charge in [0.2, 0.25) is 0 Å². The van der Waals surface area contributed by atoms with E-state index in [-0.39, 0.29) is 11.5 Å². The van der Waals surface area contributed by atoms with E-state index in [9.17, 15) is 14.4 Å². The molecule has 1 aliphatic rings. The Morgan fingerprint density at radius 2 is 1.46 bits per heavy atom. The number of benzene rings is 2. The van der Waals surface area contributed by atoms with Crippen molar-refractivity contribution in [3.05, 3.63) is 23.8 Å². The van der Waals surface area contributed by atoms with Crippen LogP contribution in [0.25, 0.3) is 10.8 Å². The topological polar surface area (TPSA) is 88.1 Å². The largest absolute Gasteiger partial charge is 0.492 e. The quantitative estimate of drug-likeness (QED) is 0.616. The van der Waals surface area contributed by atoms with Gasteiger partial charge in [0.1, 0.15) is 23.0 Å². The Morgan fingerprint density at radius 1 is 0.885 bits per heavy atom. The molecule has 0 fully saturated rings. The van der Waals surface area contributed by atoms with E-state index < -0.39 is 17.9 Å². The summed E-state index contributed by atoms with van der Waals surface area (Å²) in [4.78, 5) is 34.4. The molecule has 3 rings (SSSR count). The maximum Gasteiger partial charge on any atom is 0.308 e. The zero-order valence-electron chi connectivity index (χ0n) is 14.7. The SMILES string of the molecule is CC(=O)Oc1cc2c(OC(C)=O)ccc(OC(C)=O)c2c2c1CCCO2. The Kier molecular flexibility index (Phi) is 4.79. The normalized spacial score (nSPS) is 12.7. The summed E-state index contributed by atoms with van der Waals surface area (Å²) in [5.41, 5.74) is 0.715. The summed E-state index contributed by atoms with van der Waals surface area (Å²) in [6.45, 7) is 4.37. The van der Waals surface area contributed by atoms with Crippen LogP contribution in [0.2, 0.25) is 0 Å². The van der Waals surface area contributed by atoms with Crippen molar-refractivity contribution in [2.75, 3.05) is 6.61 Å². The van der Waals surface area contributed by atoms with Gasteiger partial charge in [0.15, 0.2) is 0 Å². The molecule has 7 heteroatoms. The molecule has 0 aliphatic carbocycles. The predicted octanol–water partition coefficient (Wildman–Crippen LogP) is 2.94. The summed E-state index contributed by atoms with van der Waals surface area (Å²) in [5.74, 6) is -0.102. The van der Waals surface area contributed by atoms with E-state index in [2.05, 4.69) is 0 Å². The zero-order valence-corrected chi connectivity index (χ0v) is 14.7. The Balaban J connectivity index is 2.34. The smallest absolute Gasteiger partial charge is 0.308 e. The molecule has 7 nitrogen and oxygen atoms in total. The molecular formula is C19H18O7. The number of rotatable bonds is 3. The van der Waals surface area contributed by atoms with Crippen LogP contribution in [0, 0.1) is 0 Å². The van der Waals surface area contributed by atoms with Crippen LogP contribution in [-0.2, 0) is 20.8 Å². The van der Waals surface area contributed by atoms with Gasteiger partial charge in [-0.25, -0.2) is 0 Å². The van der Waals surface area contributed by atoms with Crippen molar-refractivity contribution < 1.29 is 33.3 Å². The number of fused-ring (bicyclic) bond motifs is 3. The molecule has 1 aliphatic heterocycles. The lowest BCUT2D eigenvalue weighted by atomic mass is 9.97. The summed E-state index contributed by atoms with van der Waals surface area (Å²) in [6.07, 6.45) is 1.41. The van der Waals surface area contributed by atoms with Crippen molar-refractivity contribution >= 4 is 28.7 Å². The van der Waals surface area contributed by atoms with Crippen molar-refractivity contribution in [2.24, 2.45) is 0 Å². The molecule has 0 spiro atoms. The molecule has 136 valence electrons. The highest BCUT2D eigenvalue weighted by Gasteiger charge is 2.25. The van der Waals surface area contributed by atoms with Crippen molar-refractivity contribution in [3.8, 4) is 23.0 Å². The second kappa shape index (κ2) is 7.03. The highest BCUT2D eigenvalue weighted by Crippen LogP contribution is 2.47.